The molecule has 0 aromatic heterocycles. The number of halogens is 2. The Kier molecular flexibility index (Phi) is 4.83. The molecule has 2 unspecified atom stereocenters. The van der Waals surface area contributed by atoms with E-state index in [9.17, 15) is 9.18 Å². The molecule has 0 spiro atoms. The van der Waals surface area contributed by atoms with Gasteiger partial charge in [0.1, 0.15) is 11.9 Å². The molecule has 1 aromatic rings. The first kappa shape index (κ1) is 15.1. The van der Waals surface area contributed by atoms with Crippen LogP contribution in [0.25, 0.3) is 0 Å². The summed E-state index contributed by atoms with van der Waals surface area (Å²) in [6.07, 6.45) is 0.437. The van der Waals surface area contributed by atoms with E-state index >= 15 is 0 Å². The number of rotatable bonds is 4. The average Bonchev–Trinajstić information content (AvgIpc) is 2.42. The van der Waals surface area contributed by atoms with Crippen LogP contribution in [0.4, 0.5) is 9.18 Å². The zero-order valence-electron chi connectivity index (χ0n) is 11.2. The van der Waals surface area contributed by atoms with Crippen LogP contribution in [-0.4, -0.2) is 35.4 Å². The van der Waals surface area contributed by atoms with Crippen molar-refractivity contribution >= 4 is 17.7 Å². The number of hydrogen-bond donors (Lipinski definition) is 1. The molecular weight excluding hydrogens is 285 g/mol. The molecule has 1 fully saturated rings. The fourth-order valence-electron chi connectivity index (χ4n) is 2.29. The van der Waals surface area contributed by atoms with E-state index in [1.54, 1.807) is 11.0 Å². The molecule has 1 saturated heterocycles. The average molecular weight is 302 g/mol. The highest BCUT2D eigenvalue weighted by Crippen LogP contribution is 2.28. The Hall–Kier alpha value is -1.33. The first-order chi connectivity index (χ1) is 9.52. The minimum absolute atomic E-state index is 0.00407. The molecule has 1 N–H and O–H groups in total. The number of aliphatic hydroxyl groups excluding tert-OH is 1. The van der Waals surface area contributed by atoms with Crippen molar-refractivity contribution in [3.05, 3.63) is 34.6 Å². The van der Waals surface area contributed by atoms with Crippen molar-refractivity contribution in [3.8, 4) is 0 Å². The number of benzene rings is 1. The zero-order valence-corrected chi connectivity index (χ0v) is 11.9. The molecule has 6 heteroatoms. The minimum Gasteiger partial charge on any atom is -0.446 e. The first-order valence-corrected chi connectivity index (χ1v) is 6.93. The van der Waals surface area contributed by atoms with E-state index in [4.69, 9.17) is 21.4 Å². The molecule has 4 nitrogen and oxygen atoms in total. The molecule has 0 aliphatic carbocycles. The van der Waals surface area contributed by atoms with E-state index in [0.29, 0.717) is 24.9 Å². The summed E-state index contributed by atoms with van der Waals surface area (Å²) in [6.45, 7) is 2.33. The van der Waals surface area contributed by atoms with Gasteiger partial charge in [0.05, 0.1) is 11.1 Å². The highest BCUT2D eigenvalue weighted by molar-refractivity contribution is 6.30. The molecule has 110 valence electrons. The van der Waals surface area contributed by atoms with Crippen LogP contribution in [0.2, 0.25) is 5.02 Å². The van der Waals surface area contributed by atoms with Gasteiger partial charge in [0.2, 0.25) is 0 Å². The van der Waals surface area contributed by atoms with E-state index in [0.717, 1.165) is 0 Å². The van der Waals surface area contributed by atoms with Crippen LogP contribution in [0.5, 0.6) is 0 Å². The van der Waals surface area contributed by atoms with Crippen molar-refractivity contribution in [1.82, 2.24) is 4.90 Å². The maximum atomic E-state index is 13.5. The van der Waals surface area contributed by atoms with Gasteiger partial charge in [-0.2, -0.15) is 0 Å². The molecule has 1 aliphatic heterocycles. The number of carbonyl (C=O) groups excluding carboxylic acids is 1. The molecular formula is C14H17ClFNO3. The summed E-state index contributed by atoms with van der Waals surface area (Å²) < 4.78 is 18.7. The zero-order chi connectivity index (χ0) is 14.7. The molecule has 0 bridgehead atoms. The smallest absolute Gasteiger partial charge is 0.410 e. The van der Waals surface area contributed by atoms with Crippen molar-refractivity contribution in [2.75, 3.05) is 13.2 Å². The monoisotopic (exact) mass is 301 g/mol. The summed E-state index contributed by atoms with van der Waals surface area (Å²) in [5.41, 5.74) is 0.671. The highest BCUT2D eigenvalue weighted by atomic mass is 35.5. The predicted octanol–water partition coefficient (Wildman–Crippen LogP) is 3.13. The lowest BCUT2D eigenvalue weighted by molar-refractivity contribution is 0.00397. The highest BCUT2D eigenvalue weighted by Gasteiger charge is 2.30. The summed E-state index contributed by atoms with van der Waals surface area (Å²) in [5.74, 6) is -0.500. The Morgan fingerprint density at radius 2 is 2.35 bits per heavy atom. The second kappa shape index (κ2) is 6.41. The third kappa shape index (κ3) is 3.22. The standard InChI is InChI=1S/C14H17ClFNO3/c1-9(10-2-3-12(15)13(16)8-10)17-6-4-11(5-7-18)20-14(17)19/h2-3,8-9,11,18H,4-7H2,1H3. The summed E-state index contributed by atoms with van der Waals surface area (Å²) in [7, 11) is 0. The number of nitrogens with zero attached hydrogens (tertiary/aromatic N) is 1. The van der Waals surface area contributed by atoms with E-state index in [1.165, 1.54) is 12.1 Å². The third-order valence-electron chi connectivity index (χ3n) is 3.54. The number of ether oxygens (including phenoxy) is 1. The van der Waals surface area contributed by atoms with Crippen LogP contribution >= 0.6 is 11.6 Å². The third-order valence-corrected chi connectivity index (χ3v) is 3.85. The summed E-state index contributed by atoms with van der Waals surface area (Å²) in [6, 6.07) is 4.22. The molecule has 0 saturated carbocycles. The maximum Gasteiger partial charge on any atom is 0.410 e. The number of cyclic esters (lactones) is 1. The lowest BCUT2D eigenvalue weighted by Gasteiger charge is -2.35. The van der Waals surface area contributed by atoms with E-state index in [1.807, 2.05) is 6.92 Å². The topological polar surface area (TPSA) is 49.8 Å². The molecule has 1 aliphatic rings. The normalized spacial score (nSPS) is 20.7. The number of aliphatic hydroxyl groups is 1. The second-order valence-electron chi connectivity index (χ2n) is 4.85. The Labute approximate surface area is 122 Å². The van der Waals surface area contributed by atoms with Gasteiger partial charge in [-0.1, -0.05) is 17.7 Å². The molecule has 2 atom stereocenters. The quantitative estimate of drug-likeness (QED) is 0.929. The van der Waals surface area contributed by atoms with Crippen molar-refractivity contribution in [2.24, 2.45) is 0 Å². The van der Waals surface area contributed by atoms with Crippen molar-refractivity contribution in [2.45, 2.75) is 31.9 Å². The Bertz CT molecular complexity index is 497. The first-order valence-electron chi connectivity index (χ1n) is 6.56. The van der Waals surface area contributed by atoms with Gasteiger partial charge in [0.25, 0.3) is 0 Å². The molecule has 1 heterocycles. The van der Waals surface area contributed by atoms with Crippen LogP contribution in [0.3, 0.4) is 0 Å². The van der Waals surface area contributed by atoms with Crippen LogP contribution in [-0.2, 0) is 4.74 Å². The summed E-state index contributed by atoms with van der Waals surface area (Å²) in [5, 5.41) is 8.92. The van der Waals surface area contributed by atoms with Gasteiger partial charge in [-0.3, -0.25) is 0 Å². The van der Waals surface area contributed by atoms with Crippen molar-refractivity contribution in [3.63, 3.8) is 0 Å². The molecule has 1 amide bonds. The van der Waals surface area contributed by atoms with Gasteiger partial charge in [-0.15, -0.1) is 0 Å². The van der Waals surface area contributed by atoms with Gasteiger partial charge in [-0.25, -0.2) is 9.18 Å². The van der Waals surface area contributed by atoms with Gasteiger partial charge >= 0.3 is 6.09 Å². The second-order valence-corrected chi connectivity index (χ2v) is 5.26. The van der Waals surface area contributed by atoms with E-state index < -0.39 is 11.9 Å². The van der Waals surface area contributed by atoms with Crippen LogP contribution in [0.15, 0.2) is 18.2 Å². The molecule has 2 rings (SSSR count). The lowest BCUT2D eigenvalue weighted by Crippen LogP contribution is -2.43. The predicted molar refractivity (Wildman–Crippen MR) is 73.1 cm³/mol. The van der Waals surface area contributed by atoms with Crippen molar-refractivity contribution < 1.29 is 19.0 Å². The lowest BCUT2D eigenvalue weighted by atomic mass is 10.1. The number of hydrogen-bond acceptors (Lipinski definition) is 3. The van der Waals surface area contributed by atoms with Gasteiger partial charge in [0.15, 0.2) is 0 Å². The van der Waals surface area contributed by atoms with Crippen LogP contribution in [0, 0.1) is 5.82 Å². The maximum absolute atomic E-state index is 13.5. The van der Waals surface area contributed by atoms with Crippen molar-refractivity contribution in [1.29, 1.82) is 0 Å². The van der Waals surface area contributed by atoms with Gasteiger partial charge < -0.3 is 14.7 Å². The largest absolute Gasteiger partial charge is 0.446 e. The summed E-state index contributed by atoms with van der Waals surface area (Å²) in [4.78, 5) is 13.5. The number of carbonyl (C=O) groups is 1. The van der Waals surface area contributed by atoms with E-state index in [2.05, 4.69) is 0 Å². The minimum atomic E-state index is -0.500. The number of amides is 1. The molecule has 20 heavy (non-hydrogen) atoms. The van der Waals surface area contributed by atoms with Gasteiger partial charge in [0, 0.05) is 26.0 Å². The van der Waals surface area contributed by atoms with Crippen LogP contribution in [0.1, 0.15) is 31.4 Å². The summed E-state index contributed by atoms with van der Waals surface area (Å²) >= 11 is 5.65. The molecule has 1 aromatic carbocycles. The van der Waals surface area contributed by atoms with Gasteiger partial charge in [-0.05, 0) is 24.6 Å². The SMILES string of the molecule is CC(c1ccc(Cl)c(F)c1)N1CCC(CCO)OC1=O. The Balaban J connectivity index is 2.07. The van der Waals surface area contributed by atoms with E-state index in [-0.39, 0.29) is 23.8 Å². The Morgan fingerprint density at radius 3 is 2.95 bits per heavy atom. The Morgan fingerprint density at radius 1 is 1.60 bits per heavy atom. The molecule has 0 radical (unpaired) electrons. The fraction of sp³-hybridized carbons (Fsp3) is 0.500. The van der Waals surface area contributed by atoms with Crippen LogP contribution < -0.4 is 0 Å². The fourth-order valence-corrected chi connectivity index (χ4v) is 2.41.